The molecule has 0 bridgehead atoms. The normalized spacial score (nSPS) is 11.1. The molecule has 0 atom stereocenters. The molecule has 3 rings (SSSR count). The fraction of sp³-hybridized carbons (Fsp3) is 0.0952. The lowest BCUT2D eigenvalue weighted by Gasteiger charge is -2.10. The summed E-state index contributed by atoms with van der Waals surface area (Å²) in [6, 6.07) is 20.5. The van der Waals surface area contributed by atoms with Gasteiger partial charge in [0.1, 0.15) is 0 Å². The fourth-order valence-corrected chi connectivity index (χ4v) is 4.05. The second-order valence-corrected chi connectivity index (χ2v) is 8.74. The summed E-state index contributed by atoms with van der Waals surface area (Å²) in [7, 11) is -3.68. The minimum atomic E-state index is -3.68. The number of anilines is 2. The maximum Gasteiger partial charge on any atom is 0.261 e. The molecule has 0 spiro atoms. The van der Waals surface area contributed by atoms with Crippen LogP contribution < -0.4 is 10.0 Å². The van der Waals surface area contributed by atoms with Crippen molar-refractivity contribution in [2.24, 2.45) is 0 Å². The molecular formula is C21H20N2O3S2. The summed E-state index contributed by atoms with van der Waals surface area (Å²) in [6.45, 7) is 1.95. The molecule has 5 nitrogen and oxygen atoms in total. The highest BCUT2D eigenvalue weighted by atomic mass is 32.2. The van der Waals surface area contributed by atoms with Crippen LogP contribution in [0.4, 0.5) is 11.4 Å². The van der Waals surface area contributed by atoms with Crippen molar-refractivity contribution in [2.45, 2.75) is 16.7 Å². The Morgan fingerprint density at radius 3 is 2.18 bits per heavy atom. The number of carbonyl (C=O) groups excluding carboxylic acids is 1. The molecule has 0 unspecified atom stereocenters. The predicted molar refractivity (Wildman–Crippen MR) is 115 cm³/mol. The summed E-state index contributed by atoms with van der Waals surface area (Å²) < 4.78 is 27.5. The number of aryl methyl sites for hydroxylation is 1. The van der Waals surface area contributed by atoms with Gasteiger partial charge in [0.15, 0.2) is 0 Å². The first-order chi connectivity index (χ1) is 13.4. The highest BCUT2D eigenvalue weighted by Crippen LogP contribution is 2.21. The predicted octanol–water partition coefficient (Wildman–Crippen LogP) is 4.77. The van der Waals surface area contributed by atoms with E-state index in [0.29, 0.717) is 16.9 Å². The van der Waals surface area contributed by atoms with Gasteiger partial charge in [-0.3, -0.25) is 9.52 Å². The van der Waals surface area contributed by atoms with E-state index < -0.39 is 10.0 Å². The average Bonchev–Trinajstić information content (AvgIpc) is 2.68. The standard InChI is InChI=1S/C21H20N2O3S2/c1-15-4-3-5-18(14-15)22-21(24)16-6-8-17(9-7-16)23-28(25,26)20-12-10-19(27-2)11-13-20/h3-14,23H,1-2H3,(H,22,24). The maximum absolute atomic E-state index is 12.5. The topological polar surface area (TPSA) is 75.3 Å². The molecule has 2 N–H and O–H groups in total. The molecule has 144 valence electrons. The molecule has 3 aromatic carbocycles. The molecule has 0 aromatic heterocycles. The van der Waals surface area contributed by atoms with Gasteiger partial charge in [0.05, 0.1) is 4.90 Å². The van der Waals surface area contributed by atoms with E-state index in [1.54, 1.807) is 60.3 Å². The molecule has 0 aliphatic rings. The first-order valence-corrected chi connectivity index (χ1v) is 11.2. The zero-order chi connectivity index (χ0) is 20.1. The van der Waals surface area contributed by atoms with E-state index >= 15 is 0 Å². The van der Waals surface area contributed by atoms with Gasteiger partial charge in [-0.15, -0.1) is 11.8 Å². The van der Waals surface area contributed by atoms with Gasteiger partial charge in [-0.05, 0) is 79.4 Å². The van der Waals surface area contributed by atoms with Gasteiger partial charge in [-0.25, -0.2) is 8.42 Å². The van der Waals surface area contributed by atoms with Crippen molar-refractivity contribution in [1.82, 2.24) is 0 Å². The molecule has 28 heavy (non-hydrogen) atoms. The molecular weight excluding hydrogens is 392 g/mol. The second-order valence-electron chi connectivity index (χ2n) is 6.18. The van der Waals surface area contributed by atoms with Crippen molar-refractivity contribution in [3.63, 3.8) is 0 Å². The molecule has 7 heteroatoms. The molecule has 3 aromatic rings. The maximum atomic E-state index is 12.5. The Morgan fingerprint density at radius 2 is 1.57 bits per heavy atom. The quantitative estimate of drug-likeness (QED) is 0.572. The van der Waals surface area contributed by atoms with Gasteiger partial charge in [0, 0.05) is 21.8 Å². The van der Waals surface area contributed by atoms with Gasteiger partial charge in [-0.1, -0.05) is 12.1 Å². The number of hydrogen-bond acceptors (Lipinski definition) is 4. The van der Waals surface area contributed by atoms with Crippen molar-refractivity contribution in [2.75, 3.05) is 16.3 Å². The van der Waals surface area contributed by atoms with Crippen LogP contribution in [0, 0.1) is 6.92 Å². The van der Waals surface area contributed by atoms with Crippen LogP contribution in [-0.4, -0.2) is 20.6 Å². The van der Waals surface area contributed by atoms with Crippen LogP contribution in [-0.2, 0) is 10.0 Å². The van der Waals surface area contributed by atoms with Crippen LogP contribution in [0.1, 0.15) is 15.9 Å². The number of nitrogens with one attached hydrogen (secondary N) is 2. The molecule has 0 saturated carbocycles. The number of hydrogen-bond donors (Lipinski definition) is 2. The Balaban J connectivity index is 1.70. The third-order valence-electron chi connectivity index (χ3n) is 4.04. The number of sulfonamides is 1. The highest BCUT2D eigenvalue weighted by molar-refractivity contribution is 7.98. The first-order valence-electron chi connectivity index (χ1n) is 8.52. The number of carbonyl (C=O) groups is 1. The van der Waals surface area contributed by atoms with Crippen molar-refractivity contribution >= 4 is 39.1 Å². The second kappa shape index (κ2) is 8.50. The van der Waals surface area contributed by atoms with E-state index in [1.807, 2.05) is 37.4 Å². The van der Waals surface area contributed by atoms with E-state index in [1.165, 1.54) is 0 Å². The zero-order valence-electron chi connectivity index (χ0n) is 15.5. The fourth-order valence-electron chi connectivity index (χ4n) is 2.58. The van der Waals surface area contributed by atoms with Crippen LogP contribution in [0.25, 0.3) is 0 Å². The minimum absolute atomic E-state index is 0.187. The molecule has 0 aliphatic carbocycles. The Morgan fingerprint density at radius 1 is 0.893 bits per heavy atom. The Labute approximate surface area is 169 Å². The van der Waals surface area contributed by atoms with Crippen LogP contribution in [0.2, 0.25) is 0 Å². The third-order valence-corrected chi connectivity index (χ3v) is 6.19. The summed E-state index contributed by atoms with van der Waals surface area (Å²) in [4.78, 5) is 13.5. The summed E-state index contributed by atoms with van der Waals surface area (Å²) in [5.74, 6) is -0.257. The number of benzene rings is 3. The lowest BCUT2D eigenvalue weighted by atomic mass is 10.2. The monoisotopic (exact) mass is 412 g/mol. The Bertz CT molecular complexity index is 1080. The van der Waals surface area contributed by atoms with Crippen molar-refractivity contribution in [1.29, 1.82) is 0 Å². The van der Waals surface area contributed by atoms with Crippen LogP contribution in [0.15, 0.2) is 82.6 Å². The van der Waals surface area contributed by atoms with E-state index in [4.69, 9.17) is 0 Å². The van der Waals surface area contributed by atoms with Crippen molar-refractivity contribution in [3.8, 4) is 0 Å². The largest absolute Gasteiger partial charge is 0.322 e. The molecule has 0 aliphatic heterocycles. The summed E-state index contributed by atoms with van der Waals surface area (Å²) in [6.07, 6.45) is 1.93. The van der Waals surface area contributed by atoms with E-state index in [2.05, 4.69) is 10.0 Å². The van der Waals surface area contributed by atoms with Gasteiger partial charge >= 0.3 is 0 Å². The molecule has 0 heterocycles. The number of amides is 1. The third kappa shape index (κ3) is 4.94. The van der Waals surface area contributed by atoms with Crippen LogP contribution >= 0.6 is 11.8 Å². The molecule has 1 amide bonds. The molecule has 0 saturated heterocycles. The van der Waals surface area contributed by atoms with Crippen LogP contribution in [0.5, 0.6) is 0 Å². The van der Waals surface area contributed by atoms with Crippen LogP contribution in [0.3, 0.4) is 0 Å². The van der Waals surface area contributed by atoms with E-state index in [-0.39, 0.29) is 10.8 Å². The number of rotatable bonds is 6. The Kier molecular flexibility index (Phi) is 6.06. The van der Waals surface area contributed by atoms with E-state index in [9.17, 15) is 13.2 Å². The summed E-state index contributed by atoms with van der Waals surface area (Å²) >= 11 is 1.54. The summed E-state index contributed by atoms with van der Waals surface area (Å²) in [5, 5.41) is 2.82. The van der Waals surface area contributed by atoms with Crippen molar-refractivity contribution < 1.29 is 13.2 Å². The molecule has 0 radical (unpaired) electrons. The minimum Gasteiger partial charge on any atom is -0.322 e. The van der Waals surface area contributed by atoms with Gasteiger partial charge in [0.25, 0.3) is 15.9 Å². The average molecular weight is 413 g/mol. The Hall–Kier alpha value is -2.77. The SMILES string of the molecule is CSc1ccc(S(=O)(=O)Nc2ccc(C(=O)Nc3cccc(C)c3)cc2)cc1. The van der Waals surface area contributed by atoms with Gasteiger partial charge < -0.3 is 5.32 Å². The highest BCUT2D eigenvalue weighted by Gasteiger charge is 2.14. The van der Waals surface area contributed by atoms with E-state index in [0.717, 1.165) is 10.5 Å². The lowest BCUT2D eigenvalue weighted by molar-refractivity contribution is 0.102. The van der Waals surface area contributed by atoms with Crippen molar-refractivity contribution in [3.05, 3.63) is 83.9 Å². The van der Waals surface area contributed by atoms with Gasteiger partial charge in [0.2, 0.25) is 0 Å². The zero-order valence-corrected chi connectivity index (χ0v) is 17.1. The first kappa shape index (κ1) is 20.0. The molecule has 0 fully saturated rings. The number of thioether (sulfide) groups is 1. The van der Waals surface area contributed by atoms with Gasteiger partial charge in [-0.2, -0.15) is 0 Å². The lowest BCUT2D eigenvalue weighted by Crippen LogP contribution is -2.14. The summed E-state index contributed by atoms with van der Waals surface area (Å²) in [5.41, 5.74) is 2.59. The smallest absolute Gasteiger partial charge is 0.261 e.